The first-order chi connectivity index (χ1) is 15.2. The van der Waals surface area contributed by atoms with Crippen LogP contribution in [0, 0.1) is 5.92 Å². The molecule has 0 bridgehead atoms. The maximum atomic E-state index is 12.3. The zero-order valence-electron chi connectivity index (χ0n) is 17.3. The number of hydrogen-bond acceptors (Lipinski definition) is 5. The fraction of sp³-hybridized carbons (Fsp3) is 0.375. The lowest BCUT2D eigenvalue weighted by Crippen LogP contribution is -2.29. The number of nitrogens with one attached hydrogen (secondary N) is 1. The second-order valence-electron chi connectivity index (χ2n) is 8.37. The minimum atomic E-state index is -0.418. The molecule has 0 spiro atoms. The van der Waals surface area contributed by atoms with Crippen LogP contribution >= 0.6 is 0 Å². The summed E-state index contributed by atoms with van der Waals surface area (Å²) in [5, 5.41) is 20.3. The predicted molar refractivity (Wildman–Crippen MR) is 116 cm³/mol. The molecule has 7 nitrogen and oxygen atoms in total. The van der Waals surface area contributed by atoms with Gasteiger partial charge in [0.15, 0.2) is 0 Å². The van der Waals surface area contributed by atoms with E-state index in [4.69, 9.17) is 9.84 Å². The van der Waals surface area contributed by atoms with Crippen molar-refractivity contribution in [3.8, 4) is 11.1 Å². The van der Waals surface area contributed by atoms with Gasteiger partial charge in [-0.1, -0.05) is 53.7 Å². The standard InChI is InChI=1S/C24H26N4O3/c29-14-16-11-18(12-16)28-13-17(26-27-28)9-10-25-24(30)31-15-23-21-7-3-1-5-19(21)20-6-2-4-8-22(20)23/h1-8,13,16,18,23,29H,9-12,14-15H2,(H,25,30). The van der Waals surface area contributed by atoms with Crippen LogP contribution in [0.3, 0.4) is 0 Å². The minimum Gasteiger partial charge on any atom is -0.449 e. The summed E-state index contributed by atoms with van der Waals surface area (Å²) in [6.45, 7) is 0.991. The van der Waals surface area contributed by atoms with E-state index in [9.17, 15) is 4.79 Å². The summed E-state index contributed by atoms with van der Waals surface area (Å²) in [5.41, 5.74) is 5.67. The Morgan fingerprint density at radius 1 is 1.10 bits per heavy atom. The molecule has 1 saturated carbocycles. The van der Waals surface area contributed by atoms with E-state index in [0.717, 1.165) is 18.5 Å². The van der Waals surface area contributed by atoms with Crippen LogP contribution in [0.4, 0.5) is 4.79 Å². The molecule has 1 fully saturated rings. The predicted octanol–water partition coefficient (Wildman–Crippen LogP) is 3.30. The number of aromatic nitrogens is 3. The van der Waals surface area contributed by atoms with Crippen molar-refractivity contribution in [2.45, 2.75) is 31.2 Å². The van der Waals surface area contributed by atoms with Gasteiger partial charge in [-0.3, -0.25) is 0 Å². The molecule has 5 rings (SSSR count). The second kappa shape index (κ2) is 8.51. The molecule has 0 aliphatic heterocycles. The van der Waals surface area contributed by atoms with Gasteiger partial charge in [0.05, 0.1) is 11.7 Å². The summed E-state index contributed by atoms with van der Waals surface area (Å²) in [6, 6.07) is 16.9. The van der Waals surface area contributed by atoms with Crippen LogP contribution in [0.5, 0.6) is 0 Å². The van der Waals surface area contributed by atoms with Crippen LogP contribution in [0.1, 0.15) is 41.6 Å². The fourth-order valence-corrected chi connectivity index (χ4v) is 4.61. The summed E-state index contributed by atoms with van der Waals surface area (Å²) in [5.74, 6) is 0.441. The molecule has 0 atom stereocenters. The molecule has 1 amide bonds. The number of nitrogens with zero attached hydrogens (tertiary/aromatic N) is 3. The smallest absolute Gasteiger partial charge is 0.407 e. The van der Waals surface area contributed by atoms with Crippen LogP contribution in [0.15, 0.2) is 54.7 Å². The van der Waals surface area contributed by atoms with E-state index in [1.807, 2.05) is 35.1 Å². The molecule has 3 aromatic rings. The molecule has 31 heavy (non-hydrogen) atoms. The first-order valence-corrected chi connectivity index (χ1v) is 10.8. The van der Waals surface area contributed by atoms with E-state index < -0.39 is 6.09 Å². The Bertz CT molecular complexity index is 1030. The quantitative estimate of drug-likeness (QED) is 0.615. The second-order valence-corrected chi connectivity index (χ2v) is 8.37. The number of ether oxygens (including phenoxy) is 1. The van der Waals surface area contributed by atoms with E-state index in [1.54, 1.807) is 0 Å². The van der Waals surface area contributed by atoms with E-state index in [0.29, 0.717) is 31.5 Å². The Morgan fingerprint density at radius 2 is 1.77 bits per heavy atom. The number of benzene rings is 2. The number of carbonyl (C=O) groups excluding carboxylic acids is 1. The number of hydrogen-bond donors (Lipinski definition) is 2. The zero-order valence-corrected chi connectivity index (χ0v) is 17.3. The lowest BCUT2D eigenvalue weighted by Gasteiger charge is -2.33. The molecule has 2 aromatic carbocycles. The highest BCUT2D eigenvalue weighted by molar-refractivity contribution is 5.79. The van der Waals surface area contributed by atoms with E-state index in [1.165, 1.54) is 22.3 Å². The molecular formula is C24H26N4O3. The average Bonchev–Trinajstić information content (AvgIpc) is 3.34. The Kier molecular flexibility index (Phi) is 5.42. The molecule has 2 aliphatic carbocycles. The third kappa shape index (κ3) is 3.93. The molecular weight excluding hydrogens is 392 g/mol. The number of carbonyl (C=O) groups is 1. The molecule has 0 unspecified atom stereocenters. The summed E-state index contributed by atoms with van der Waals surface area (Å²) >= 11 is 0. The van der Waals surface area contributed by atoms with Crippen molar-refractivity contribution < 1.29 is 14.6 Å². The van der Waals surface area contributed by atoms with Crippen LogP contribution in [0.25, 0.3) is 11.1 Å². The van der Waals surface area contributed by atoms with Crippen molar-refractivity contribution in [1.82, 2.24) is 20.3 Å². The lowest BCUT2D eigenvalue weighted by atomic mass is 9.81. The summed E-state index contributed by atoms with van der Waals surface area (Å²) in [6.07, 6.45) is 3.99. The van der Waals surface area contributed by atoms with Crippen molar-refractivity contribution >= 4 is 6.09 Å². The first-order valence-electron chi connectivity index (χ1n) is 10.8. The summed E-state index contributed by atoms with van der Waals surface area (Å²) in [4.78, 5) is 12.3. The average molecular weight is 418 g/mol. The SMILES string of the molecule is O=C(NCCc1cn(C2CC(CO)C2)nn1)OCC1c2ccccc2-c2ccccc21. The number of fused-ring (bicyclic) bond motifs is 3. The van der Waals surface area contributed by atoms with Gasteiger partial charge in [0.2, 0.25) is 0 Å². The Morgan fingerprint density at radius 3 is 2.45 bits per heavy atom. The highest BCUT2D eigenvalue weighted by Gasteiger charge is 2.31. The molecule has 2 N–H and O–H groups in total. The highest BCUT2D eigenvalue weighted by Crippen LogP contribution is 2.44. The Labute approximate surface area is 181 Å². The van der Waals surface area contributed by atoms with Crippen molar-refractivity contribution in [2.75, 3.05) is 19.8 Å². The monoisotopic (exact) mass is 418 g/mol. The normalized spacial score (nSPS) is 19.4. The van der Waals surface area contributed by atoms with Crippen LogP contribution < -0.4 is 5.32 Å². The van der Waals surface area contributed by atoms with Crippen molar-refractivity contribution in [2.24, 2.45) is 5.92 Å². The molecule has 160 valence electrons. The zero-order chi connectivity index (χ0) is 21.2. The Balaban J connectivity index is 1.11. The maximum absolute atomic E-state index is 12.3. The molecule has 1 aromatic heterocycles. The summed E-state index contributed by atoms with van der Waals surface area (Å²) in [7, 11) is 0. The molecule has 0 saturated heterocycles. The highest BCUT2D eigenvalue weighted by atomic mass is 16.5. The van der Waals surface area contributed by atoms with Crippen molar-refractivity contribution in [3.63, 3.8) is 0 Å². The molecule has 1 heterocycles. The molecule has 0 radical (unpaired) electrons. The van der Waals surface area contributed by atoms with E-state index >= 15 is 0 Å². The number of aliphatic hydroxyl groups excluding tert-OH is 1. The van der Waals surface area contributed by atoms with Gasteiger partial charge >= 0.3 is 6.09 Å². The van der Waals surface area contributed by atoms with Crippen molar-refractivity contribution in [3.05, 3.63) is 71.5 Å². The van der Waals surface area contributed by atoms with Gasteiger partial charge in [-0.25, -0.2) is 9.48 Å². The summed E-state index contributed by atoms with van der Waals surface area (Å²) < 4.78 is 7.43. The minimum absolute atomic E-state index is 0.0586. The third-order valence-corrected chi connectivity index (χ3v) is 6.40. The van der Waals surface area contributed by atoms with E-state index in [2.05, 4.69) is 39.9 Å². The number of rotatable bonds is 7. The first kappa shape index (κ1) is 19.8. The van der Waals surface area contributed by atoms with Gasteiger partial charge in [-0.05, 0) is 41.0 Å². The third-order valence-electron chi connectivity index (χ3n) is 6.40. The Hall–Kier alpha value is -3.19. The van der Waals surface area contributed by atoms with Crippen LogP contribution in [-0.2, 0) is 11.2 Å². The van der Waals surface area contributed by atoms with Gasteiger partial charge in [-0.2, -0.15) is 0 Å². The van der Waals surface area contributed by atoms with Gasteiger partial charge in [-0.15, -0.1) is 5.10 Å². The van der Waals surface area contributed by atoms with Gasteiger partial charge in [0.25, 0.3) is 0 Å². The maximum Gasteiger partial charge on any atom is 0.407 e. The molecule has 7 heteroatoms. The lowest BCUT2D eigenvalue weighted by molar-refractivity contribution is 0.104. The number of alkyl carbamates (subject to hydrolysis) is 1. The van der Waals surface area contributed by atoms with Crippen molar-refractivity contribution in [1.29, 1.82) is 0 Å². The largest absolute Gasteiger partial charge is 0.449 e. The number of amides is 1. The van der Waals surface area contributed by atoms with Gasteiger partial charge in [0, 0.05) is 31.7 Å². The van der Waals surface area contributed by atoms with Gasteiger partial charge < -0.3 is 15.2 Å². The molecule has 2 aliphatic rings. The van der Waals surface area contributed by atoms with Crippen LogP contribution in [0.2, 0.25) is 0 Å². The topological polar surface area (TPSA) is 89.3 Å². The van der Waals surface area contributed by atoms with Gasteiger partial charge in [0.1, 0.15) is 6.61 Å². The fourth-order valence-electron chi connectivity index (χ4n) is 4.61. The number of aliphatic hydroxyl groups is 1. The van der Waals surface area contributed by atoms with Crippen LogP contribution in [-0.4, -0.2) is 46.0 Å². The van der Waals surface area contributed by atoms with E-state index in [-0.39, 0.29) is 12.5 Å².